The Morgan fingerprint density at radius 2 is 1.65 bits per heavy atom. The molecule has 0 unspecified atom stereocenters. The van der Waals surface area contributed by atoms with Crippen molar-refractivity contribution in [3.05, 3.63) is 45.1 Å². The molecule has 3 amide bonds. The Labute approximate surface area is 146 Å². The number of anilines is 2. The third kappa shape index (κ3) is 3.92. The van der Waals surface area contributed by atoms with Crippen molar-refractivity contribution in [3.8, 4) is 0 Å². The fraction of sp³-hybridized carbons (Fsp3) is 0.250. The van der Waals surface area contributed by atoms with E-state index in [-0.39, 0.29) is 11.9 Å². The van der Waals surface area contributed by atoms with Crippen molar-refractivity contribution in [2.45, 2.75) is 12.8 Å². The summed E-state index contributed by atoms with van der Waals surface area (Å²) in [5.41, 5.74) is 1.20. The van der Waals surface area contributed by atoms with Gasteiger partial charge in [-0.15, -0.1) is 11.3 Å². The number of amides is 3. The Morgan fingerprint density at radius 1 is 1.00 bits per heavy atom. The van der Waals surface area contributed by atoms with Crippen LogP contribution in [0.25, 0.3) is 0 Å². The van der Waals surface area contributed by atoms with Gasteiger partial charge in [0, 0.05) is 13.1 Å². The normalized spacial score (nSPS) is 13.9. The number of thiophene rings is 1. The molecule has 0 bridgehead atoms. The molecule has 1 aromatic heterocycles. The van der Waals surface area contributed by atoms with E-state index in [4.69, 9.17) is 0 Å². The molecule has 1 fully saturated rings. The summed E-state index contributed by atoms with van der Waals surface area (Å²) in [6, 6.07) is 10.7. The smallest absolute Gasteiger partial charge is 0.321 e. The number of carbonyl (C=O) groups excluding carboxylic acids is 2. The standard InChI is InChI=1S/C16H16BrN3O2S/c17-14-8-7-13(23-14)15(21)18-11-5-1-2-6-12(11)19-16(22)20-9-3-4-10-20/h1-2,5-8H,3-4,9-10H2,(H,18,21)(H,19,22). The van der Waals surface area contributed by atoms with Crippen molar-refractivity contribution in [1.29, 1.82) is 0 Å². The first kappa shape index (κ1) is 16.0. The highest BCUT2D eigenvalue weighted by atomic mass is 79.9. The molecule has 1 aliphatic rings. The number of nitrogens with one attached hydrogen (secondary N) is 2. The first-order chi connectivity index (χ1) is 11.1. The third-order valence-electron chi connectivity index (χ3n) is 3.61. The number of benzene rings is 1. The SMILES string of the molecule is O=C(Nc1ccccc1NC(=O)N1CCCC1)c1ccc(Br)s1. The molecule has 3 rings (SSSR count). The summed E-state index contributed by atoms with van der Waals surface area (Å²) in [5, 5.41) is 5.73. The lowest BCUT2D eigenvalue weighted by atomic mass is 10.2. The summed E-state index contributed by atoms with van der Waals surface area (Å²) in [5.74, 6) is -0.191. The Kier molecular flexibility index (Phi) is 4.97. The van der Waals surface area contributed by atoms with Gasteiger partial charge in [0.25, 0.3) is 5.91 Å². The molecule has 0 aliphatic carbocycles. The van der Waals surface area contributed by atoms with E-state index in [0.29, 0.717) is 16.3 Å². The molecule has 7 heteroatoms. The summed E-state index contributed by atoms with van der Waals surface area (Å²) in [6.45, 7) is 1.56. The van der Waals surface area contributed by atoms with E-state index in [1.54, 1.807) is 23.1 Å². The first-order valence-corrected chi connectivity index (χ1v) is 8.96. The summed E-state index contributed by atoms with van der Waals surface area (Å²) in [6.07, 6.45) is 2.08. The van der Waals surface area contributed by atoms with E-state index in [1.165, 1.54) is 11.3 Å². The Bertz CT molecular complexity index is 726. The first-order valence-electron chi connectivity index (χ1n) is 7.35. The van der Waals surface area contributed by atoms with Crippen LogP contribution in [-0.4, -0.2) is 29.9 Å². The monoisotopic (exact) mass is 393 g/mol. The summed E-state index contributed by atoms with van der Waals surface area (Å²) >= 11 is 4.71. The van der Waals surface area contributed by atoms with Crippen molar-refractivity contribution in [2.75, 3.05) is 23.7 Å². The van der Waals surface area contributed by atoms with Crippen LogP contribution in [0.2, 0.25) is 0 Å². The molecule has 0 radical (unpaired) electrons. The Balaban J connectivity index is 1.72. The average molecular weight is 394 g/mol. The highest BCUT2D eigenvalue weighted by Crippen LogP contribution is 2.26. The van der Waals surface area contributed by atoms with Gasteiger partial charge >= 0.3 is 6.03 Å². The third-order valence-corrected chi connectivity index (χ3v) is 5.23. The fourth-order valence-electron chi connectivity index (χ4n) is 2.44. The van der Waals surface area contributed by atoms with Crippen molar-refractivity contribution < 1.29 is 9.59 Å². The van der Waals surface area contributed by atoms with Crippen molar-refractivity contribution >= 4 is 50.6 Å². The minimum Gasteiger partial charge on any atom is -0.325 e. The molecule has 120 valence electrons. The van der Waals surface area contributed by atoms with E-state index in [0.717, 1.165) is 29.7 Å². The summed E-state index contributed by atoms with van der Waals surface area (Å²) in [4.78, 5) is 26.9. The van der Waals surface area contributed by atoms with Crippen LogP contribution in [0.5, 0.6) is 0 Å². The zero-order chi connectivity index (χ0) is 16.2. The van der Waals surface area contributed by atoms with Gasteiger partial charge in [-0.1, -0.05) is 12.1 Å². The summed E-state index contributed by atoms with van der Waals surface area (Å²) < 4.78 is 0.901. The number of hydrogen-bond acceptors (Lipinski definition) is 3. The highest BCUT2D eigenvalue weighted by Gasteiger charge is 2.19. The molecular weight excluding hydrogens is 378 g/mol. The second-order valence-electron chi connectivity index (χ2n) is 5.23. The van der Waals surface area contributed by atoms with Crippen LogP contribution in [-0.2, 0) is 0 Å². The molecule has 5 nitrogen and oxygen atoms in total. The number of rotatable bonds is 3. The number of hydrogen-bond donors (Lipinski definition) is 2. The molecule has 0 spiro atoms. The van der Waals surface area contributed by atoms with E-state index >= 15 is 0 Å². The lowest BCUT2D eigenvalue weighted by molar-refractivity contribution is 0.103. The largest absolute Gasteiger partial charge is 0.325 e. The lowest BCUT2D eigenvalue weighted by Gasteiger charge is -2.18. The van der Waals surface area contributed by atoms with Gasteiger partial charge in [-0.3, -0.25) is 4.79 Å². The van der Waals surface area contributed by atoms with Crippen molar-refractivity contribution in [2.24, 2.45) is 0 Å². The minimum atomic E-state index is -0.191. The predicted molar refractivity (Wildman–Crippen MR) is 96.2 cm³/mol. The van der Waals surface area contributed by atoms with Gasteiger partial charge in [0.05, 0.1) is 20.0 Å². The van der Waals surface area contributed by atoms with Gasteiger partial charge in [-0.05, 0) is 53.0 Å². The molecular formula is C16H16BrN3O2S. The van der Waals surface area contributed by atoms with Crippen molar-refractivity contribution in [1.82, 2.24) is 4.90 Å². The number of likely N-dealkylation sites (tertiary alicyclic amines) is 1. The second-order valence-corrected chi connectivity index (χ2v) is 7.69. The van der Waals surface area contributed by atoms with Crippen LogP contribution >= 0.6 is 27.3 Å². The molecule has 1 saturated heterocycles. The van der Waals surface area contributed by atoms with Gasteiger partial charge in [-0.2, -0.15) is 0 Å². The van der Waals surface area contributed by atoms with Crippen molar-refractivity contribution in [3.63, 3.8) is 0 Å². The zero-order valence-corrected chi connectivity index (χ0v) is 14.7. The lowest BCUT2D eigenvalue weighted by Crippen LogP contribution is -2.32. The van der Waals surface area contributed by atoms with Gasteiger partial charge in [0.1, 0.15) is 0 Å². The maximum Gasteiger partial charge on any atom is 0.321 e. The molecule has 1 aromatic carbocycles. The number of carbonyl (C=O) groups is 2. The maximum absolute atomic E-state index is 12.3. The second kappa shape index (κ2) is 7.14. The minimum absolute atomic E-state index is 0.122. The number of urea groups is 1. The van der Waals surface area contributed by atoms with Crippen LogP contribution in [0.1, 0.15) is 22.5 Å². The van der Waals surface area contributed by atoms with Crippen LogP contribution in [0, 0.1) is 0 Å². The number of halogens is 1. The maximum atomic E-state index is 12.3. The Morgan fingerprint density at radius 3 is 2.26 bits per heavy atom. The van der Waals surface area contributed by atoms with Crippen LogP contribution in [0.4, 0.5) is 16.2 Å². The predicted octanol–water partition coefficient (Wildman–Crippen LogP) is 4.39. The van der Waals surface area contributed by atoms with Gasteiger partial charge in [0.2, 0.25) is 0 Å². The number of nitrogens with zero attached hydrogens (tertiary/aromatic N) is 1. The molecule has 2 N–H and O–H groups in total. The zero-order valence-electron chi connectivity index (χ0n) is 12.3. The molecule has 0 atom stereocenters. The van der Waals surface area contributed by atoms with Gasteiger partial charge in [0.15, 0.2) is 0 Å². The number of para-hydroxylation sites is 2. The summed E-state index contributed by atoms with van der Waals surface area (Å²) in [7, 11) is 0. The topological polar surface area (TPSA) is 61.4 Å². The molecule has 1 aliphatic heterocycles. The Hall–Kier alpha value is -1.86. The van der Waals surface area contributed by atoms with Gasteiger partial charge in [-0.25, -0.2) is 4.79 Å². The van der Waals surface area contributed by atoms with Crippen LogP contribution < -0.4 is 10.6 Å². The van der Waals surface area contributed by atoms with E-state index in [2.05, 4.69) is 26.6 Å². The molecule has 0 saturated carbocycles. The average Bonchev–Trinajstić information content (AvgIpc) is 3.20. The molecule has 2 heterocycles. The quantitative estimate of drug-likeness (QED) is 0.811. The van der Waals surface area contributed by atoms with E-state index in [9.17, 15) is 9.59 Å². The van der Waals surface area contributed by atoms with Gasteiger partial charge < -0.3 is 15.5 Å². The molecule has 2 aromatic rings. The van der Waals surface area contributed by atoms with E-state index in [1.807, 2.05) is 18.2 Å². The molecule has 23 heavy (non-hydrogen) atoms. The fourth-order valence-corrected chi connectivity index (χ4v) is 3.72. The van der Waals surface area contributed by atoms with E-state index < -0.39 is 0 Å². The van der Waals surface area contributed by atoms with Crippen LogP contribution in [0.3, 0.4) is 0 Å². The van der Waals surface area contributed by atoms with Crippen LogP contribution in [0.15, 0.2) is 40.2 Å². The highest BCUT2D eigenvalue weighted by molar-refractivity contribution is 9.11.